The van der Waals surface area contributed by atoms with Gasteiger partial charge < -0.3 is 5.11 Å². The number of rotatable bonds is 2. The lowest BCUT2D eigenvalue weighted by Gasteiger charge is -2.05. The van der Waals surface area contributed by atoms with Crippen molar-refractivity contribution in [2.75, 3.05) is 0 Å². The second kappa shape index (κ2) is 5.27. The van der Waals surface area contributed by atoms with Crippen molar-refractivity contribution in [2.24, 2.45) is 0 Å². The number of imidazole rings is 1. The van der Waals surface area contributed by atoms with Gasteiger partial charge in [0.2, 0.25) is 5.88 Å². The summed E-state index contributed by atoms with van der Waals surface area (Å²) in [5, 5.41) is 19.0. The van der Waals surface area contributed by atoms with E-state index in [1.54, 1.807) is 39.6 Å². The highest BCUT2D eigenvalue weighted by atomic mass is 32.1. The summed E-state index contributed by atoms with van der Waals surface area (Å²) in [6.45, 7) is 0. The average molecular weight is 293 g/mol. The maximum atomic E-state index is 10.2. The fourth-order valence-corrected chi connectivity index (χ4v) is 2.49. The second-order valence-corrected chi connectivity index (χ2v) is 4.83. The summed E-state index contributed by atoms with van der Waals surface area (Å²) in [6.07, 6.45) is 1.58. The van der Waals surface area contributed by atoms with Gasteiger partial charge in [0.15, 0.2) is 4.77 Å². The van der Waals surface area contributed by atoms with Gasteiger partial charge in [0.25, 0.3) is 0 Å². The topological polar surface area (TPSA) is 53.9 Å². The Kier molecular flexibility index (Phi) is 3.30. The van der Waals surface area contributed by atoms with Gasteiger partial charge in [-0.05, 0) is 48.6 Å². The lowest BCUT2D eigenvalue weighted by atomic mass is 10.2. The molecule has 0 bridgehead atoms. The van der Waals surface area contributed by atoms with Crippen LogP contribution in [0.25, 0.3) is 11.4 Å². The molecule has 0 aliphatic rings. The first kappa shape index (κ1) is 13.2. The summed E-state index contributed by atoms with van der Waals surface area (Å²) in [5.74, 6) is 0.0496. The first-order chi connectivity index (χ1) is 10.2. The molecule has 1 aromatic heterocycles. The van der Waals surface area contributed by atoms with Gasteiger partial charge in [-0.25, -0.2) is 0 Å². The molecule has 0 radical (unpaired) electrons. The van der Waals surface area contributed by atoms with Gasteiger partial charge in [0.05, 0.1) is 23.5 Å². The molecule has 1 N–H and O–H groups in total. The van der Waals surface area contributed by atoms with Crippen molar-refractivity contribution in [1.82, 2.24) is 9.13 Å². The molecule has 102 valence electrons. The van der Waals surface area contributed by atoms with Crippen molar-refractivity contribution in [3.05, 3.63) is 71.1 Å². The van der Waals surface area contributed by atoms with Crippen LogP contribution in [0.2, 0.25) is 0 Å². The maximum absolute atomic E-state index is 10.2. The van der Waals surface area contributed by atoms with E-state index in [9.17, 15) is 5.11 Å². The molecule has 5 heteroatoms. The van der Waals surface area contributed by atoms with Crippen LogP contribution in [-0.4, -0.2) is 14.2 Å². The highest BCUT2D eigenvalue weighted by Gasteiger charge is 2.10. The molecule has 1 heterocycles. The van der Waals surface area contributed by atoms with Gasteiger partial charge in [-0.3, -0.25) is 9.13 Å². The standard InChI is InChI=1S/C16H11N3OS/c17-10-12-6-8-14(9-7-12)19-15(20)11-18(16(19)21)13-4-2-1-3-5-13/h1-9,11,20H. The van der Waals surface area contributed by atoms with E-state index in [2.05, 4.69) is 6.07 Å². The first-order valence-corrected chi connectivity index (χ1v) is 6.71. The number of nitrogens with zero attached hydrogens (tertiary/aromatic N) is 3. The van der Waals surface area contributed by atoms with Crippen LogP contribution in [0, 0.1) is 16.1 Å². The number of nitriles is 1. The number of hydrogen-bond donors (Lipinski definition) is 1. The summed E-state index contributed by atoms with van der Waals surface area (Å²) < 4.78 is 3.76. The predicted molar refractivity (Wildman–Crippen MR) is 82.3 cm³/mol. The van der Waals surface area contributed by atoms with Crippen LogP contribution in [0.4, 0.5) is 0 Å². The normalized spacial score (nSPS) is 10.2. The molecule has 0 spiro atoms. The lowest BCUT2D eigenvalue weighted by Crippen LogP contribution is -1.97. The molecule has 4 nitrogen and oxygen atoms in total. The maximum Gasteiger partial charge on any atom is 0.215 e. The monoisotopic (exact) mass is 293 g/mol. The summed E-state index contributed by atoms with van der Waals surface area (Å²) in [4.78, 5) is 0. The van der Waals surface area contributed by atoms with E-state index >= 15 is 0 Å². The minimum absolute atomic E-state index is 0.0496. The van der Waals surface area contributed by atoms with Crippen LogP contribution < -0.4 is 0 Å². The van der Waals surface area contributed by atoms with Crippen molar-refractivity contribution >= 4 is 12.2 Å². The van der Waals surface area contributed by atoms with Crippen molar-refractivity contribution < 1.29 is 5.11 Å². The van der Waals surface area contributed by atoms with Gasteiger partial charge in [0.1, 0.15) is 0 Å². The Balaban J connectivity index is 2.15. The lowest BCUT2D eigenvalue weighted by molar-refractivity contribution is 0.442. The average Bonchev–Trinajstić information content (AvgIpc) is 2.83. The van der Waals surface area contributed by atoms with Crippen LogP contribution in [0.1, 0.15) is 5.56 Å². The molecule has 0 aliphatic heterocycles. The molecule has 3 aromatic rings. The zero-order valence-corrected chi connectivity index (χ0v) is 11.8. The summed E-state index contributed by atoms with van der Waals surface area (Å²) >= 11 is 5.44. The molecular formula is C16H11N3OS. The smallest absolute Gasteiger partial charge is 0.215 e. The van der Waals surface area contributed by atoms with Gasteiger partial charge in [0, 0.05) is 5.69 Å². The highest BCUT2D eigenvalue weighted by Crippen LogP contribution is 2.22. The zero-order chi connectivity index (χ0) is 14.8. The van der Waals surface area contributed by atoms with Crippen molar-refractivity contribution in [3.63, 3.8) is 0 Å². The van der Waals surface area contributed by atoms with Crippen molar-refractivity contribution in [2.45, 2.75) is 0 Å². The minimum Gasteiger partial charge on any atom is -0.493 e. The zero-order valence-electron chi connectivity index (χ0n) is 11.0. The third-order valence-electron chi connectivity index (χ3n) is 3.16. The largest absolute Gasteiger partial charge is 0.493 e. The Morgan fingerprint density at radius 3 is 2.24 bits per heavy atom. The predicted octanol–water partition coefficient (Wildman–Crippen LogP) is 3.57. The number of para-hydroxylation sites is 1. The summed E-state index contributed by atoms with van der Waals surface area (Å²) in [5.41, 5.74) is 2.16. The van der Waals surface area contributed by atoms with Crippen LogP contribution in [0.5, 0.6) is 5.88 Å². The van der Waals surface area contributed by atoms with Gasteiger partial charge >= 0.3 is 0 Å². The Bertz CT molecular complexity index is 871. The fraction of sp³-hybridized carbons (Fsp3) is 0. The molecule has 21 heavy (non-hydrogen) atoms. The Morgan fingerprint density at radius 1 is 0.952 bits per heavy atom. The molecule has 0 saturated carbocycles. The molecular weight excluding hydrogens is 282 g/mol. The van der Waals surface area contributed by atoms with Gasteiger partial charge in [-0.15, -0.1) is 0 Å². The first-order valence-electron chi connectivity index (χ1n) is 6.30. The van der Waals surface area contributed by atoms with Crippen LogP contribution in [-0.2, 0) is 0 Å². The highest BCUT2D eigenvalue weighted by molar-refractivity contribution is 7.71. The van der Waals surface area contributed by atoms with Crippen molar-refractivity contribution in [3.8, 4) is 23.3 Å². The van der Waals surface area contributed by atoms with E-state index in [0.29, 0.717) is 16.0 Å². The SMILES string of the molecule is N#Cc1ccc(-n2c(O)cn(-c3ccccc3)c2=S)cc1. The number of benzene rings is 2. The molecule has 0 amide bonds. The summed E-state index contributed by atoms with van der Waals surface area (Å²) in [7, 11) is 0. The Labute approximate surface area is 126 Å². The van der Waals surface area contributed by atoms with E-state index in [1.165, 1.54) is 0 Å². The fourth-order valence-electron chi connectivity index (χ4n) is 2.14. The molecule has 0 unspecified atom stereocenters. The Morgan fingerprint density at radius 2 is 1.62 bits per heavy atom. The van der Waals surface area contributed by atoms with E-state index in [-0.39, 0.29) is 5.88 Å². The van der Waals surface area contributed by atoms with Crippen LogP contribution in [0.15, 0.2) is 60.8 Å². The minimum atomic E-state index is 0.0496. The third kappa shape index (κ3) is 2.33. The van der Waals surface area contributed by atoms with E-state index in [1.807, 2.05) is 30.3 Å². The molecule has 0 fully saturated rings. The summed E-state index contributed by atoms with van der Waals surface area (Å²) in [6, 6.07) is 18.5. The van der Waals surface area contributed by atoms with Crippen LogP contribution >= 0.6 is 12.2 Å². The van der Waals surface area contributed by atoms with E-state index in [0.717, 1.165) is 5.69 Å². The molecule has 0 aliphatic carbocycles. The van der Waals surface area contributed by atoms with E-state index in [4.69, 9.17) is 17.5 Å². The van der Waals surface area contributed by atoms with Crippen molar-refractivity contribution in [1.29, 1.82) is 5.26 Å². The third-order valence-corrected chi connectivity index (χ3v) is 3.54. The van der Waals surface area contributed by atoms with Gasteiger partial charge in [-0.2, -0.15) is 5.26 Å². The van der Waals surface area contributed by atoms with E-state index < -0.39 is 0 Å². The molecule has 3 rings (SSSR count). The molecule has 2 aromatic carbocycles. The quantitative estimate of drug-likeness (QED) is 0.735. The number of aromatic hydroxyl groups is 1. The van der Waals surface area contributed by atoms with Crippen LogP contribution in [0.3, 0.4) is 0 Å². The number of hydrogen-bond acceptors (Lipinski definition) is 3. The number of aromatic nitrogens is 2. The van der Waals surface area contributed by atoms with Gasteiger partial charge in [-0.1, -0.05) is 18.2 Å². The Hall–Kier alpha value is -2.84. The molecule has 0 saturated heterocycles. The molecule has 0 atom stereocenters. The second-order valence-electron chi connectivity index (χ2n) is 4.47.